The Morgan fingerprint density at radius 1 is 1.10 bits per heavy atom. The highest BCUT2D eigenvalue weighted by molar-refractivity contribution is 14.1. The lowest BCUT2D eigenvalue weighted by atomic mass is 10.1. The molecule has 0 radical (unpaired) electrons. The monoisotopic (exact) mass is 394 g/mol. The second-order valence-corrected chi connectivity index (χ2v) is 6.35. The van der Waals surface area contributed by atoms with Crippen LogP contribution in [0.1, 0.15) is 22.0 Å². The highest BCUT2D eigenvalue weighted by Gasteiger charge is 2.15. The molecule has 1 N–H and O–H groups in total. The molecule has 0 heterocycles. The summed E-state index contributed by atoms with van der Waals surface area (Å²) >= 11 is 2.23. The molecule has 0 fully saturated rings. The first kappa shape index (κ1) is 16.0. The van der Waals surface area contributed by atoms with Crippen molar-refractivity contribution in [3.63, 3.8) is 0 Å². The topological polar surface area (TPSA) is 32.3 Å². The van der Waals surface area contributed by atoms with Crippen molar-refractivity contribution in [1.29, 1.82) is 0 Å². The molecule has 0 aliphatic carbocycles. The van der Waals surface area contributed by atoms with Crippen LogP contribution in [0, 0.1) is 3.57 Å². The van der Waals surface area contributed by atoms with E-state index >= 15 is 0 Å². The zero-order valence-corrected chi connectivity index (χ0v) is 14.4. The predicted molar refractivity (Wildman–Crippen MR) is 94.4 cm³/mol. The van der Waals surface area contributed by atoms with Crippen LogP contribution < -0.4 is 5.32 Å². The number of amides is 1. The maximum Gasteiger partial charge on any atom is 0.251 e. The molecular formula is C17H19IN2O. The summed E-state index contributed by atoms with van der Waals surface area (Å²) in [5.74, 6) is -0.0332. The smallest absolute Gasteiger partial charge is 0.251 e. The summed E-state index contributed by atoms with van der Waals surface area (Å²) in [7, 11) is 4.05. The molecule has 0 aromatic heterocycles. The van der Waals surface area contributed by atoms with Crippen LogP contribution in [0.15, 0.2) is 54.6 Å². The molecule has 110 valence electrons. The highest BCUT2D eigenvalue weighted by atomic mass is 127. The largest absolute Gasteiger partial charge is 0.350 e. The molecule has 0 aliphatic rings. The molecule has 21 heavy (non-hydrogen) atoms. The van der Waals surface area contributed by atoms with E-state index in [1.54, 1.807) is 0 Å². The van der Waals surface area contributed by atoms with Crippen molar-refractivity contribution in [3.05, 3.63) is 69.3 Å². The minimum atomic E-state index is -0.0332. The number of rotatable bonds is 5. The normalized spacial score (nSPS) is 12.2. The third-order valence-electron chi connectivity index (χ3n) is 3.37. The molecule has 1 unspecified atom stereocenters. The zero-order valence-electron chi connectivity index (χ0n) is 12.2. The number of carbonyl (C=O) groups is 1. The molecule has 0 saturated heterocycles. The number of carbonyl (C=O) groups excluding carboxylic acids is 1. The van der Waals surface area contributed by atoms with E-state index < -0.39 is 0 Å². The van der Waals surface area contributed by atoms with Gasteiger partial charge in [-0.2, -0.15) is 0 Å². The van der Waals surface area contributed by atoms with Crippen molar-refractivity contribution >= 4 is 28.5 Å². The van der Waals surface area contributed by atoms with Crippen molar-refractivity contribution in [2.45, 2.75) is 6.04 Å². The van der Waals surface area contributed by atoms with Gasteiger partial charge in [0.05, 0.1) is 6.04 Å². The molecule has 1 atom stereocenters. The summed E-state index contributed by atoms with van der Waals surface area (Å²) < 4.78 is 1.12. The Labute approximate surface area is 139 Å². The summed E-state index contributed by atoms with van der Waals surface area (Å²) in [6.45, 7) is 0.585. The first-order valence-electron chi connectivity index (χ1n) is 6.83. The van der Waals surface area contributed by atoms with Crippen molar-refractivity contribution in [1.82, 2.24) is 10.2 Å². The highest BCUT2D eigenvalue weighted by Crippen LogP contribution is 2.17. The maximum atomic E-state index is 12.2. The van der Waals surface area contributed by atoms with Crippen LogP contribution in [0.4, 0.5) is 0 Å². The average Bonchev–Trinajstić information content (AvgIpc) is 2.48. The van der Waals surface area contributed by atoms with Gasteiger partial charge in [-0.3, -0.25) is 4.79 Å². The number of benzene rings is 2. The van der Waals surface area contributed by atoms with E-state index in [2.05, 4.69) is 44.9 Å². The van der Waals surface area contributed by atoms with E-state index in [9.17, 15) is 4.79 Å². The number of nitrogens with zero attached hydrogens (tertiary/aromatic N) is 1. The fourth-order valence-corrected chi connectivity index (χ4v) is 2.53. The molecule has 1 amide bonds. The van der Waals surface area contributed by atoms with E-state index in [0.29, 0.717) is 12.1 Å². The van der Waals surface area contributed by atoms with Gasteiger partial charge >= 0.3 is 0 Å². The van der Waals surface area contributed by atoms with E-state index in [-0.39, 0.29) is 11.9 Å². The van der Waals surface area contributed by atoms with Gasteiger partial charge < -0.3 is 10.2 Å². The number of likely N-dealkylation sites (N-methyl/N-ethyl adjacent to an activating group) is 1. The van der Waals surface area contributed by atoms with E-state index in [1.165, 1.54) is 5.56 Å². The molecule has 4 heteroatoms. The Morgan fingerprint density at radius 3 is 2.29 bits per heavy atom. The Hall–Kier alpha value is -1.40. The van der Waals surface area contributed by atoms with Gasteiger partial charge in [-0.05, 0) is 66.5 Å². The molecule has 2 aromatic rings. The summed E-state index contributed by atoms with van der Waals surface area (Å²) in [6, 6.07) is 18.0. The Morgan fingerprint density at radius 2 is 1.71 bits per heavy atom. The van der Waals surface area contributed by atoms with Crippen LogP contribution in [-0.4, -0.2) is 31.4 Å². The van der Waals surface area contributed by atoms with Crippen LogP contribution in [0.3, 0.4) is 0 Å². The summed E-state index contributed by atoms with van der Waals surface area (Å²) in [6.07, 6.45) is 0. The third-order valence-corrected chi connectivity index (χ3v) is 4.09. The number of hydrogen-bond acceptors (Lipinski definition) is 2. The lowest BCUT2D eigenvalue weighted by molar-refractivity contribution is 0.0942. The molecular weight excluding hydrogens is 375 g/mol. The fraction of sp³-hybridized carbons (Fsp3) is 0.235. The van der Waals surface area contributed by atoms with Gasteiger partial charge in [-0.15, -0.1) is 0 Å². The van der Waals surface area contributed by atoms with Gasteiger partial charge in [0.15, 0.2) is 0 Å². The lowest BCUT2D eigenvalue weighted by Gasteiger charge is -2.25. The van der Waals surface area contributed by atoms with Gasteiger partial charge in [0.2, 0.25) is 0 Å². The van der Waals surface area contributed by atoms with E-state index in [4.69, 9.17) is 0 Å². The molecule has 0 spiro atoms. The molecule has 2 aromatic carbocycles. The summed E-state index contributed by atoms with van der Waals surface area (Å²) in [4.78, 5) is 14.3. The summed E-state index contributed by atoms with van der Waals surface area (Å²) in [5, 5.41) is 3.02. The predicted octanol–water partition coefficient (Wildman–Crippen LogP) is 3.32. The van der Waals surface area contributed by atoms with Crippen LogP contribution in [0.2, 0.25) is 0 Å². The number of nitrogens with one attached hydrogen (secondary N) is 1. The zero-order chi connectivity index (χ0) is 15.2. The van der Waals surface area contributed by atoms with Gasteiger partial charge in [0, 0.05) is 15.7 Å². The van der Waals surface area contributed by atoms with Gasteiger partial charge in [0.25, 0.3) is 5.91 Å². The van der Waals surface area contributed by atoms with E-state index in [0.717, 1.165) is 3.57 Å². The molecule has 0 bridgehead atoms. The van der Waals surface area contributed by atoms with Crippen molar-refractivity contribution in [2.24, 2.45) is 0 Å². The average molecular weight is 394 g/mol. The first-order chi connectivity index (χ1) is 10.1. The Bertz CT molecular complexity index is 581. The maximum absolute atomic E-state index is 12.2. The minimum Gasteiger partial charge on any atom is -0.350 e. The standard InChI is InChI=1S/C17H19IN2O/c1-20(2)16(13-6-4-3-5-7-13)12-19-17(21)14-8-10-15(18)11-9-14/h3-11,16H,12H2,1-2H3,(H,19,21). The molecule has 0 aliphatic heterocycles. The Balaban J connectivity index is 2.02. The van der Waals surface area contributed by atoms with E-state index in [1.807, 2.05) is 56.6 Å². The van der Waals surface area contributed by atoms with Crippen LogP contribution in [0.25, 0.3) is 0 Å². The molecule has 3 nitrogen and oxygen atoms in total. The van der Waals surface area contributed by atoms with Crippen molar-refractivity contribution < 1.29 is 4.79 Å². The van der Waals surface area contributed by atoms with Crippen LogP contribution in [0.5, 0.6) is 0 Å². The lowest BCUT2D eigenvalue weighted by Crippen LogP contribution is -2.34. The number of hydrogen-bond donors (Lipinski definition) is 1. The van der Waals surface area contributed by atoms with Crippen molar-refractivity contribution in [3.8, 4) is 0 Å². The molecule has 2 rings (SSSR count). The summed E-state index contributed by atoms with van der Waals surface area (Å²) in [5.41, 5.74) is 1.89. The first-order valence-corrected chi connectivity index (χ1v) is 7.91. The third kappa shape index (κ3) is 4.54. The SMILES string of the molecule is CN(C)C(CNC(=O)c1ccc(I)cc1)c1ccccc1. The molecule has 0 saturated carbocycles. The van der Waals surface area contributed by atoms with Crippen molar-refractivity contribution in [2.75, 3.05) is 20.6 Å². The second kappa shape index (κ2) is 7.56. The van der Waals surface area contributed by atoms with Gasteiger partial charge in [-0.25, -0.2) is 0 Å². The quantitative estimate of drug-likeness (QED) is 0.790. The second-order valence-electron chi connectivity index (χ2n) is 5.11. The van der Waals surface area contributed by atoms with Gasteiger partial charge in [-0.1, -0.05) is 30.3 Å². The number of halogens is 1. The minimum absolute atomic E-state index is 0.0332. The van der Waals surface area contributed by atoms with Gasteiger partial charge in [0.1, 0.15) is 0 Å². The van der Waals surface area contributed by atoms with Crippen LogP contribution >= 0.6 is 22.6 Å². The van der Waals surface area contributed by atoms with Crippen LogP contribution in [-0.2, 0) is 0 Å². The fourth-order valence-electron chi connectivity index (χ4n) is 2.17. The Kier molecular flexibility index (Phi) is 5.76.